The van der Waals surface area contributed by atoms with E-state index in [0.29, 0.717) is 13.1 Å². The van der Waals surface area contributed by atoms with Gasteiger partial charge in [-0.1, -0.05) is 0 Å². The summed E-state index contributed by atoms with van der Waals surface area (Å²) in [7, 11) is 1.91. The minimum absolute atomic E-state index is 0.132. The number of rotatable bonds is 6. The van der Waals surface area contributed by atoms with E-state index in [1.807, 2.05) is 11.9 Å². The zero-order valence-electron chi connectivity index (χ0n) is 13.5. The molecule has 0 radical (unpaired) electrons. The van der Waals surface area contributed by atoms with Gasteiger partial charge in [-0.25, -0.2) is 8.78 Å². The van der Waals surface area contributed by atoms with Gasteiger partial charge < -0.3 is 5.32 Å². The number of carbonyl (C=O) groups excluding carboxylic acids is 1. The predicted molar refractivity (Wildman–Crippen MR) is 86.6 cm³/mol. The highest BCUT2D eigenvalue weighted by Crippen LogP contribution is 2.23. The van der Waals surface area contributed by atoms with Gasteiger partial charge in [0.25, 0.3) is 0 Å². The van der Waals surface area contributed by atoms with E-state index in [0.717, 1.165) is 43.2 Å². The predicted octanol–water partition coefficient (Wildman–Crippen LogP) is 2.64. The number of fused-ring (bicyclic) bond motifs is 1. The fourth-order valence-electron chi connectivity index (χ4n) is 2.95. The van der Waals surface area contributed by atoms with E-state index in [-0.39, 0.29) is 18.0 Å². The van der Waals surface area contributed by atoms with Gasteiger partial charge in [0.05, 0.1) is 11.4 Å². The average molecular weight is 334 g/mol. The van der Waals surface area contributed by atoms with Crippen LogP contribution in [0.5, 0.6) is 0 Å². The number of H-pyrrole nitrogens is 1. The maximum atomic E-state index is 13.5. The van der Waals surface area contributed by atoms with Crippen molar-refractivity contribution in [1.82, 2.24) is 15.1 Å². The Morgan fingerprint density at radius 3 is 3.04 bits per heavy atom. The van der Waals surface area contributed by atoms with Crippen molar-refractivity contribution < 1.29 is 13.6 Å². The Labute approximate surface area is 139 Å². The fourth-order valence-corrected chi connectivity index (χ4v) is 2.95. The van der Waals surface area contributed by atoms with E-state index in [1.165, 1.54) is 11.3 Å². The molecule has 128 valence electrons. The minimum atomic E-state index is -0.648. The molecular weight excluding hydrogens is 314 g/mol. The van der Waals surface area contributed by atoms with E-state index in [9.17, 15) is 13.6 Å². The van der Waals surface area contributed by atoms with Crippen LogP contribution in [0, 0.1) is 11.6 Å². The van der Waals surface area contributed by atoms with Crippen molar-refractivity contribution in [2.24, 2.45) is 0 Å². The molecule has 1 aromatic heterocycles. The Bertz CT molecular complexity index is 744. The van der Waals surface area contributed by atoms with Crippen LogP contribution in [0.15, 0.2) is 18.2 Å². The maximum absolute atomic E-state index is 13.5. The van der Waals surface area contributed by atoms with Crippen molar-refractivity contribution in [3.05, 3.63) is 46.8 Å². The molecule has 0 saturated carbocycles. The number of benzene rings is 1. The number of halogens is 2. The SMILES string of the molecule is CN(CCC(=O)Nc1cc(F)ccc1F)Cc1n[nH]c2c1CCC2. The molecule has 0 aliphatic heterocycles. The van der Waals surface area contributed by atoms with Crippen LogP contribution in [0.2, 0.25) is 0 Å². The monoisotopic (exact) mass is 334 g/mol. The number of aromatic amines is 1. The van der Waals surface area contributed by atoms with Gasteiger partial charge in [-0.05, 0) is 44.0 Å². The molecule has 3 rings (SSSR count). The Morgan fingerprint density at radius 1 is 1.38 bits per heavy atom. The first-order chi connectivity index (χ1) is 11.5. The summed E-state index contributed by atoms with van der Waals surface area (Å²) < 4.78 is 26.6. The Balaban J connectivity index is 1.49. The lowest BCUT2D eigenvalue weighted by Gasteiger charge is -2.15. The standard InChI is InChI=1S/C17H20F2N4O/c1-23(10-16-12-3-2-4-14(12)21-22-16)8-7-17(24)20-15-9-11(18)5-6-13(15)19/h5-6,9H,2-4,7-8,10H2,1H3,(H,20,24)(H,21,22). The van der Waals surface area contributed by atoms with Gasteiger partial charge in [-0.15, -0.1) is 0 Å². The van der Waals surface area contributed by atoms with Crippen LogP contribution in [0.1, 0.15) is 29.8 Å². The second-order valence-electron chi connectivity index (χ2n) is 6.14. The van der Waals surface area contributed by atoms with Crippen LogP contribution >= 0.6 is 0 Å². The molecule has 1 aliphatic carbocycles. The van der Waals surface area contributed by atoms with Crippen molar-refractivity contribution in [2.45, 2.75) is 32.2 Å². The molecule has 1 aromatic carbocycles. The van der Waals surface area contributed by atoms with Crippen molar-refractivity contribution in [1.29, 1.82) is 0 Å². The Kier molecular flexibility index (Phi) is 4.89. The number of carbonyl (C=O) groups is 1. The number of nitrogens with one attached hydrogen (secondary N) is 2. The molecule has 0 saturated heterocycles. The molecule has 24 heavy (non-hydrogen) atoms. The van der Waals surface area contributed by atoms with E-state index >= 15 is 0 Å². The van der Waals surface area contributed by atoms with Gasteiger partial charge in [0.15, 0.2) is 0 Å². The normalized spacial score (nSPS) is 13.3. The number of aromatic nitrogens is 2. The summed E-state index contributed by atoms with van der Waals surface area (Å²) in [5.41, 5.74) is 3.42. The summed E-state index contributed by atoms with van der Waals surface area (Å²) >= 11 is 0. The third-order valence-electron chi connectivity index (χ3n) is 4.23. The van der Waals surface area contributed by atoms with Crippen LogP contribution < -0.4 is 5.32 Å². The Morgan fingerprint density at radius 2 is 2.21 bits per heavy atom. The van der Waals surface area contributed by atoms with Gasteiger partial charge in [-0.3, -0.25) is 14.8 Å². The lowest BCUT2D eigenvalue weighted by Crippen LogP contribution is -2.24. The molecule has 1 amide bonds. The largest absolute Gasteiger partial charge is 0.323 e. The van der Waals surface area contributed by atoms with Gasteiger partial charge in [0.1, 0.15) is 11.6 Å². The molecule has 7 heteroatoms. The van der Waals surface area contributed by atoms with Crippen LogP contribution in [-0.2, 0) is 24.2 Å². The first-order valence-electron chi connectivity index (χ1n) is 8.01. The molecule has 1 aliphatic rings. The summed E-state index contributed by atoms with van der Waals surface area (Å²) in [6.45, 7) is 1.16. The third kappa shape index (κ3) is 3.79. The van der Waals surface area contributed by atoms with Gasteiger partial charge >= 0.3 is 0 Å². The van der Waals surface area contributed by atoms with Crippen LogP contribution in [-0.4, -0.2) is 34.6 Å². The molecule has 2 aromatic rings. The molecule has 0 unspecified atom stereocenters. The van der Waals surface area contributed by atoms with Crippen LogP contribution in [0.3, 0.4) is 0 Å². The zero-order valence-corrected chi connectivity index (χ0v) is 13.5. The molecule has 0 atom stereocenters. The lowest BCUT2D eigenvalue weighted by molar-refractivity contribution is -0.116. The molecule has 0 fully saturated rings. The lowest BCUT2D eigenvalue weighted by atomic mass is 10.2. The number of hydrogen-bond acceptors (Lipinski definition) is 3. The third-order valence-corrected chi connectivity index (χ3v) is 4.23. The highest BCUT2D eigenvalue weighted by molar-refractivity contribution is 5.90. The smallest absolute Gasteiger partial charge is 0.225 e. The summed E-state index contributed by atoms with van der Waals surface area (Å²) in [6, 6.07) is 2.99. The number of nitrogens with zero attached hydrogens (tertiary/aromatic N) is 2. The zero-order chi connectivity index (χ0) is 17.1. The second kappa shape index (κ2) is 7.09. The van der Waals surface area contributed by atoms with Crippen molar-refractivity contribution in [3.63, 3.8) is 0 Å². The van der Waals surface area contributed by atoms with Gasteiger partial charge in [0.2, 0.25) is 5.91 Å². The number of hydrogen-bond donors (Lipinski definition) is 2. The number of anilines is 1. The topological polar surface area (TPSA) is 61.0 Å². The first kappa shape index (κ1) is 16.6. The molecule has 0 spiro atoms. The molecule has 5 nitrogen and oxygen atoms in total. The quantitative estimate of drug-likeness (QED) is 0.854. The van der Waals surface area contributed by atoms with Gasteiger partial charge in [0, 0.05) is 31.3 Å². The van der Waals surface area contributed by atoms with E-state index < -0.39 is 11.6 Å². The summed E-state index contributed by atoms with van der Waals surface area (Å²) in [5, 5.41) is 9.81. The molecule has 0 bridgehead atoms. The summed E-state index contributed by atoms with van der Waals surface area (Å²) in [6.07, 6.45) is 3.45. The summed E-state index contributed by atoms with van der Waals surface area (Å²) in [4.78, 5) is 13.9. The van der Waals surface area contributed by atoms with Crippen LogP contribution in [0.25, 0.3) is 0 Å². The maximum Gasteiger partial charge on any atom is 0.225 e. The second-order valence-corrected chi connectivity index (χ2v) is 6.14. The van der Waals surface area contributed by atoms with Crippen LogP contribution in [0.4, 0.5) is 14.5 Å². The number of aryl methyl sites for hydroxylation is 1. The van der Waals surface area contributed by atoms with Crippen molar-refractivity contribution in [2.75, 3.05) is 18.9 Å². The highest BCUT2D eigenvalue weighted by atomic mass is 19.1. The molecular formula is C17H20F2N4O. The van der Waals surface area contributed by atoms with Crippen molar-refractivity contribution in [3.8, 4) is 0 Å². The molecule has 2 N–H and O–H groups in total. The Hall–Kier alpha value is -2.28. The van der Waals surface area contributed by atoms with E-state index in [4.69, 9.17) is 0 Å². The molecule has 1 heterocycles. The van der Waals surface area contributed by atoms with Gasteiger partial charge in [-0.2, -0.15) is 5.10 Å². The van der Waals surface area contributed by atoms with E-state index in [2.05, 4.69) is 15.5 Å². The van der Waals surface area contributed by atoms with Crippen molar-refractivity contribution >= 4 is 11.6 Å². The average Bonchev–Trinajstić information content (AvgIpc) is 3.14. The van der Waals surface area contributed by atoms with E-state index in [1.54, 1.807) is 0 Å². The first-order valence-corrected chi connectivity index (χ1v) is 8.01. The number of amides is 1. The highest BCUT2D eigenvalue weighted by Gasteiger charge is 2.19. The minimum Gasteiger partial charge on any atom is -0.323 e. The summed E-state index contributed by atoms with van der Waals surface area (Å²) in [5.74, 6) is -1.58. The fraction of sp³-hybridized carbons (Fsp3) is 0.412.